The zero-order chi connectivity index (χ0) is 28.4. The van der Waals surface area contributed by atoms with Gasteiger partial charge < -0.3 is 15.8 Å². The lowest BCUT2D eigenvalue weighted by molar-refractivity contribution is -0.126. The number of hydrogen-bond acceptors (Lipinski definition) is 3. The highest BCUT2D eigenvalue weighted by atomic mass is 16.5. The van der Waals surface area contributed by atoms with Crippen molar-refractivity contribution in [3.8, 4) is 5.75 Å². The highest BCUT2D eigenvalue weighted by Crippen LogP contribution is 2.68. The van der Waals surface area contributed by atoms with Gasteiger partial charge in [-0.1, -0.05) is 67.7 Å². The molecule has 4 aliphatic rings. The van der Waals surface area contributed by atoms with Gasteiger partial charge in [0.05, 0.1) is 11.8 Å². The van der Waals surface area contributed by atoms with E-state index < -0.39 is 0 Å². The number of nitrogen functional groups attached to an aromatic ring is 1. The zero-order valence-electron chi connectivity index (χ0n) is 26.8. The summed E-state index contributed by atoms with van der Waals surface area (Å²) in [7, 11) is 1.96. The molecule has 0 amide bonds. The van der Waals surface area contributed by atoms with Crippen molar-refractivity contribution in [2.45, 2.75) is 132 Å². The molecule has 4 fully saturated rings. The molecular formula is C36H62N2O. The second kappa shape index (κ2) is 12.6. The minimum atomic E-state index is 0.335. The summed E-state index contributed by atoms with van der Waals surface area (Å²) in [5.74, 6) is 7.37. The van der Waals surface area contributed by atoms with Crippen molar-refractivity contribution in [1.82, 2.24) is 0 Å². The van der Waals surface area contributed by atoms with Crippen LogP contribution in [0.5, 0.6) is 5.75 Å². The van der Waals surface area contributed by atoms with E-state index in [0.717, 1.165) is 58.5 Å². The molecule has 1 aromatic rings. The van der Waals surface area contributed by atoms with Crippen molar-refractivity contribution < 1.29 is 4.74 Å². The first-order chi connectivity index (χ1) is 18.7. The average Bonchev–Trinajstić information content (AvgIpc) is 3.28. The number of hydrogen-bond donors (Lipinski definition) is 2. The Bertz CT molecular complexity index is 929. The van der Waals surface area contributed by atoms with Crippen LogP contribution in [0.1, 0.15) is 126 Å². The SMILES string of the molecule is CC.CNc1cc(N)ccc1OC1CCC2(C)C(CCC3C2CCC2(C)C(C(C)CCCC(C)C)CCC32)C1. The van der Waals surface area contributed by atoms with E-state index in [1.54, 1.807) is 0 Å². The number of benzene rings is 1. The largest absolute Gasteiger partial charge is 0.488 e. The molecule has 3 N–H and O–H groups in total. The summed E-state index contributed by atoms with van der Waals surface area (Å²) in [6, 6.07) is 6.01. The van der Waals surface area contributed by atoms with Crippen LogP contribution in [0.3, 0.4) is 0 Å². The third-order valence-corrected chi connectivity index (χ3v) is 12.4. The molecule has 0 heterocycles. The fraction of sp³-hybridized carbons (Fsp3) is 0.833. The Hall–Kier alpha value is -1.38. The van der Waals surface area contributed by atoms with Crippen LogP contribution in [-0.2, 0) is 0 Å². The van der Waals surface area contributed by atoms with Crippen molar-refractivity contribution in [1.29, 1.82) is 0 Å². The third kappa shape index (κ3) is 5.99. The van der Waals surface area contributed by atoms with Crippen molar-refractivity contribution >= 4 is 11.4 Å². The van der Waals surface area contributed by atoms with Crippen molar-refractivity contribution in [2.24, 2.45) is 52.3 Å². The van der Waals surface area contributed by atoms with Gasteiger partial charge in [0, 0.05) is 12.7 Å². The lowest BCUT2D eigenvalue weighted by atomic mass is 9.44. The molecule has 222 valence electrons. The van der Waals surface area contributed by atoms with E-state index in [2.05, 4.69) is 39.9 Å². The van der Waals surface area contributed by atoms with Gasteiger partial charge in [-0.15, -0.1) is 0 Å². The van der Waals surface area contributed by atoms with Crippen molar-refractivity contribution in [3.05, 3.63) is 18.2 Å². The Morgan fingerprint density at radius 2 is 1.64 bits per heavy atom. The predicted molar refractivity (Wildman–Crippen MR) is 169 cm³/mol. The Labute approximate surface area is 241 Å². The summed E-state index contributed by atoms with van der Waals surface area (Å²) in [6.07, 6.45) is 17.2. The summed E-state index contributed by atoms with van der Waals surface area (Å²) in [6.45, 7) is 16.8. The molecule has 0 aromatic heterocycles. The lowest BCUT2D eigenvalue weighted by Crippen LogP contribution is -2.54. The fourth-order valence-electron chi connectivity index (χ4n) is 10.4. The van der Waals surface area contributed by atoms with Crippen LogP contribution < -0.4 is 15.8 Å². The maximum Gasteiger partial charge on any atom is 0.142 e. The molecule has 0 aliphatic heterocycles. The van der Waals surface area contributed by atoms with Gasteiger partial charge in [-0.25, -0.2) is 0 Å². The quantitative estimate of drug-likeness (QED) is 0.324. The van der Waals surface area contributed by atoms with Gasteiger partial charge in [-0.2, -0.15) is 0 Å². The molecule has 0 spiro atoms. The number of nitrogens with two attached hydrogens (primary N) is 1. The van der Waals surface area contributed by atoms with Crippen LogP contribution in [0.25, 0.3) is 0 Å². The molecule has 4 aliphatic carbocycles. The standard InChI is InChI=1S/C34H56N2O.C2H6/c1-22(2)8-7-9-23(3)28-13-14-29-27-12-10-24-20-26(37-32-15-11-25(35)21-31(32)36-6)16-18-33(24,4)30(27)17-19-34(28,29)5;1-2/h11,15,21-24,26-30,36H,7-10,12-14,16-20,35H2,1-6H3;1-2H3. The van der Waals surface area contributed by atoms with Gasteiger partial charge in [-0.3, -0.25) is 0 Å². The summed E-state index contributed by atoms with van der Waals surface area (Å²) < 4.78 is 6.62. The molecule has 0 bridgehead atoms. The van der Waals surface area contributed by atoms with Crippen molar-refractivity contribution in [3.63, 3.8) is 0 Å². The topological polar surface area (TPSA) is 47.3 Å². The van der Waals surface area contributed by atoms with E-state index in [1.807, 2.05) is 39.1 Å². The van der Waals surface area contributed by atoms with Crippen LogP contribution in [0, 0.1) is 52.3 Å². The number of anilines is 2. The molecule has 5 rings (SSSR count). The van der Waals surface area contributed by atoms with Gasteiger partial charge in [-0.05, 0) is 128 Å². The van der Waals surface area contributed by atoms with Crippen LogP contribution in [-0.4, -0.2) is 13.2 Å². The molecule has 9 atom stereocenters. The lowest BCUT2D eigenvalue weighted by Gasteiger charge is -2.61. The first-order valence-electron chi connectivity index (χ1n) is 16.9. The van der Waals surface area contributed by atoms with E-state index in [0.29, 0.717) is 16.9 Å². The first-order valence-corrected chi connectivity index (χ1v) is 16.9. The third-order valence-electron chi connectivity index (χ3n) is 12.4. The summed E-state index contributed by atoms with van der Waals surface area (Å²) in [5.41, 5.74) is 8.92. The molecule has 1 aromatic carbocycles. The van der Waals surface area contributed by atoms with E-state index in [1.165, 1.54) is 77.0 Å². The monoisotopic (exact) mass is 538 g/mol. The molecule has 4 saturated carbocycles. The molecule has 39 heavy (non-hydrogen) atoms. The fourth-order valence-corrected chi connectivity index (χ4v) is 10.4. The highest BCUT2D eigenvalue weighted by molar-refractivity contribution is 5.63. The number of rotatable bonds is 8. The average molecular weight is 539 g/mol. The predicted octanol–water partition coefficient (Wildman–Crippen LogP) is 10.2. The molecule has 3 heteroatoms. The van der Waals surface area contributed by atoms with E-state index in [4.69, 9.17) is 10.5 Å². The number of fused-ring (bicyclic) bond motifs is 5. The van der Waals surface area contributed by atoms with Crippen LogP contribution in [0.4, 0.5) is 11.4 Å². The smallest absolute Gasteiger partial charge is 0.142 e. The Morgan fingerprint density at radius 3 is 2.36 bits per heavy atom. The normalized spacial score (nSPS) is 38.1. The van der Waals surface area contributed by atoms with Crippen LogP contribution in [0.15, 0.2) is 18.2 Å². The van der Waals surface area contributed by atoms with E-state index in [9.17, 15) is 0 Å². The van der Waals surface area contributed by atoms with Crippen molar-refractivity contribution in [2.75, 3.05) is 18.1 Å². The molecule has 3 nitrogen and oxygen atoms in total. The Balaban J connectivity index is 0.00000172. The maximum atomic E-state index is 6.62. The second-order valence-electron chi connectivity index (χ2n) is 14.7. The van der Waals surface area contributed by atoms with E-state index in [-0.39, 0.29) is 0 Å². The first kappa shape index (κ1) is 30.6. The number of nitrogens with one attached hydrogen (secondary N) is 1. The zero-order valence-corrected chi connectivity index (χ0v) is 26.8. The minimum absolute atomic E-state index is 0.335. The van der Waals surface area contributed by atoms with Crippen LogP contribution >= 0.6 is 0 Å². The summed E-state index contributed by atoms with van der Waals surface area (Å²) >= 11 is 0. The summed E-state index contributed by atoms with van der Waals surface area (Å²) in [4.78, 5) is 0. The molecule has 9 unspecified atom stereocenters. The molecular weight excluding hydrogens is 476 g/mol. The Kier molecular flexibility index (Phi) is 9.91. The van der Waals surface area contributed by atoms with Gasteiger partial charge in [0.2, 0.25) is 0 Å². The summed E-state index contributed by atoms with van der Waals surface area (Å²) in [5, 5.41) is 3.27. The Morgan fingerprint density at radius 1 is 0.923 bits per heavy atom. The van der Waals surface area contributed by atoms with E-state index >= 15 is 0 Å². The van der Waals surface area contributed by atoms with Gasteiger partial charge in [0.1, 0.15) is 5.75 Å². The molecule has 0 radical (unpaired) electrons. The van der Waals surface area contributed by atoms with Gasteiger partial charge in [0.25, 0.3) is 0 Å². The maximum absolute atomic E-state index is 6.62. The minimum Gasteiger partial charge on any atom is -0.488 e. The molecule has 0 saturated heterocycles. The second-order valence-corrected chi connectivity index (χ2v) is 14.7. The van der Waals surface area contributed by atoms with Gasteiger partial charge >= 0.3 is 0 Å². The number of ether oxygens (including phenoxy) is 1. The highest BCUT2D eigenvalue weighted by Gasteiger charge is 2.60. The van der Waals surface area contributed by atoms with Crippen LogP contribution in [0.2, 0.25) is 0 Å². The van der Waals surface area contributed by atoms with Gasteiger partial charge in [0.15, 0.2) is 0 Å².